The number of esters is 2. The van der Waals surface area contributed by atoms with Crippen molar-refractivity contribution in [3.63, 3.8) is 0 Å². The minimum absolute atomic E-state index is 0.261. The highest BCUT2D eigenvalue weighted by Crippen LogP contribution is 2.54. The van der Waals surface area contributed by atoms with Crippen molar-refractivity contribution < 1.29 is 23.8 Å². The Morgan fingerprint density at radius 2 is 1.82 bits per heavy atom. The molecule has 2 fully saturated rings. The Morgan fingerprint density at radius 3 is 2.29 bits per heavy atom. The van der Waals surface area contributed by atoms with Gasteiger partial charge < -0.3 is 14.2 Å². The second-order valence-electron chi connectivity index (χ2n) is 4.46. The number of carbonyl (C=O) groups excluding carboxylic acids is 2. The first-order chi connectivity index (χ1) is 8.16. The average Bonchev–Trinajstić information content (AvgIpc) is 2.63. The lowest BCUT2D eigenvalue weighted by atomic mass is 9.59. The van der Waals surface area contributed by atoms with Crippen LogP contribution in [0.3, 0.4) is 0 Å². The zero-order valence-electron chi connectivity index (χ0n) is 10.2. The van der Waals surface area contributed by atoms with Gasteiger partial charge in [-0.3, -0.25) is 9.59 Å². The molecule has 0 spiro atoms. The van der Waals surface area contributed by atoms with Crippen molar-refractivity contribution in [2.24, 2.45) is 11.3 Å². The van der Waals surface area contributed by atoms with Gasteiger partial charge in [0, 0.05) is 6.61 Å². The van der Waals surface area contributed by atoms with E-state index in [2.05, 4.69) is 0 Å². The van der Waals surface area contributed by atoms with Crippen LogP contribution in [0.15, 0.2) is 0 Å². The Hall–Kier alpha value is -1.10. The van der Waals surface area contributed by atoms with Crippen LogP contribution in [0.4, 0.5) is 0 Å². The summed E-state index contributed by atoms with van der Waals surface area (Å²) in [5.74, 6) is -0.702. The third kappa shape index (κ3) is 1.73. The summed E-state index contributed by atoms with van der Waals surface area (Å²) in [4.78, 5) is 24.0. The molecule has 5 heteroatoms. The summed E-state index contributed by atoms with van der Waals surface area (Å²) in [7, 11) is 0. The second kappa shape index (κ2) is 4.64. The van der Waals surface area contributed by atoms with Crippen LogP contribution in [0.5, 0.6) is 0 Å². The van der Waals surface area contributed by atoms with Gasteiger partial charge in [0.05, 0.1) is 19.3 Å². The van der Waals surface area contributed by atoms with Gasteiger partial charge in [-0.2, -0.15) is 0 Å². The highest BCUT2D eigenvalue weighted by Gasteiger charge is 2.68. The van der Waals surface area contributed by atoms with Crippen molar-refractivity contribution in [1.29, 1.82) is 0 Å². The van der Waals surface area contributed by atoms with Crippen LogP contribution in [-0.4, -0.2) is 37.9 Å². The molecule has 2 aliphatic rings. The predicted molar refractivity (Wildman–Crippen MR) is 58.2 cm³/mol. The van der Waals surface area contributed by atoms with Gasteiger partial charge in [-0.1, -0.05) is 0 Å². The third-order valence-electron chi connectivity index (χ3n) is 3.56. The first-order valence-electron chi connectivity index (χ1n) is 6.12. The number of fused-ring (bicyclic) bond motifs is 1. The number of carbonyl (C=O) groups is 2. The van der Waals surface area contributed by atoms with Crippen LogP contribution in [0.1, 0.15) is 26.7 Å². The van der Waals surface area contributed by atoms with Crippen molar-refractivity contribution in [2.75, 3.05) is 19.8 Å². The van der Waals surface area contributed by atoms with Gasteiger partial charge in [0.1, 0.15) is 0 Å². The summed E-state index contributed by atoms with van der Waals surface area (Å²) in [6.07, 6.45) is 1.06. The maximum absolute atomic E-state index is 12.0. The highest BCUT2D eigenvalue weighted by atomic mass is 16.6. The normalized spacial score (nSPS) is 29.1. The monoisotopic (exact) mass is 242 g/mol. The lowest BCUT2D eigenvalue weighted by Gasteiger charge is -2.46. The van der Waals surface area contributed by atoms with E-state index in [4.69, 9.17) is 14.2 Å². The summed E-state index contributed by atoms with van der Waals surface area (Å²) in [6, 6.07) is 0. The summed E-state index contributed by atoms with van der Waals surface area (Å²) in [5, 5.41) is 0. The maximum atomic E-state index is 12.0. The van der Waals surface area contributed by atoms with E-state index >= 15 is 0 Å². The minimum atomic E-state index is -1.20. The van der Waals surface area contributed by atoms with Gasteiger partial charge in [-0.25, -0.2) is 0 Å². The zero-order valence-corrected chi connectivity index (χ0v) is 10.2. The number of ether oxygens (including phenoxy) is 3. The lowest BCUT2D eigenvalue weighted by molar-refractivity contribution is -0.200. The van der Waals surface area contributed by atoms with Crippen molar-refractivity contribution >= 4 is 11.9 Å². The quantitative estimate of drug-likeness (QED) is 0.541. The molecule has 1 saturated carbocycles. The van der Waals surface area contributed by atoms with Crippen molar-refractivity contribution in [1.82, 2.24) is 0 Å². The first kappa shape index (κ1) is 12.4. The second-order valence-corrected chi connectivity index (χ2v) is 4.46. The van der Waals surface area contributed by atoms with E-state index in [-0.39, 0.29) is 19.3 Å². The molecular formula is C12H18O5. The fourth-order valence-corrected chi connectivity index (χ4v) is 2.76. The van der Waals surface area contributed by atoms with E-state index < -0.39 is 17.4 Å². The van der Waals surface area contributed by atoms with Crippen molar-refractivity contribution in [2.45, 2.75) is 32.8 Å². The van der Waals surface area contributed by atoms with Gasteiger partial charge in [-0.05, 0) is 32.6 Å². The Balaban J connectivity index is 2.18. The van der Waals surface area contributed by atoms with E-state index in [0.717, 1.165) is 6.42 Å². The fourth-order valence-electron chi connectivity index (χ4n) is 2.76. The van der Waals surface area contributed by atoms with Crippen LogP contribution in [-0.2, 0) is 23.8 Å². The molecule has 1 aliphatic carbocycles. The van der Waals surface area contributed by atoms with Crippen LogP contribution in [0.25, 0.3) is 0 Å². The first-order valence-corrected chi connectivity index (χ1v) is 6.12. The Kier molecular flexibility index (Phi) is 3.38. The molecule has 2 rings (SSSR count). The minimum Gasteiger partial charge on any atom is -0.465 e. The Labute approximate surface area is 100 Å². The van der Waals surface area contributed by atoms with Crippen molar-refractivity contribution in [3.05, 3.63) is 0 Å². The van der Waals surface area contributed by atoms with Crippen LogP contribution in [0, 0.1) is 11.3 Å². The molecule has 0 amide bonds. The molecule has 1 aliphatic heterocycles. The lowest BCUT2D eigenvalue weighted by Crippen LogP contribution is -2.61. The van der Waals surface area contributed by atoms with E-state index in [1.54, 1.807) is 13.8 Å². The Bertz CT molecular complexity index is 307. The molecule has 96 valence electrons. The third-order valence-corrected chi connectivity index (χ3v) is 3.56. The molecule has 0 N–H and O–H groups in total. The van der Waals surface area contributed by atoms with Gasteiger partial charge >= 0.3 is 11.9 Å². The molecule has 5 nitrogen and oxygen atoms in total. The van der Waals surface area contributed by atoms with E-state index in [1.807, 2.05) is 0 Å². The zero-order chi connectivity index (χ0) is 12.5. The number of rotatable bonds is 4. The molecular weight excluding hydrogens is 224 g/mol. The Morgan fingerprint density at radius 1 is 1.24 bits per heavy atom. The molecule has 1 heterocycles. The van der Waals surface area contributed by atoms with Crippen molar-refractivity contribution in [3.8, 4) is 0 Å². The molecule has 1 saturated heterocycles. The SMILES string of the molecule is CCOC(=O)C1(C(=O)OCC)CC2CCOC21. The molecule has 2 atom stereocenters. The van der Waals surface area contributed by atoms with Crippen LogP contribution >= 0.6 is 0 Å². The van der Waals surface area contributed by atoms with Crippen LogP contribution < -0.4 is 0 Å². The highest BCUT2D eigenvalue weighted by molar-refractivity contribution is 6.02. The van der Waals surface area contributed by atoms with Gasteiger partial charge in [-0.15, -0.1) is 0 Å². The molecule has 0 bridgehead atoms. The average molecular weight is 242 g/mol. The molecule has 17 heavy (non-hydrogen) atoms. The summed E-state index contributed by atoms with van der Waals surface area (Å²) in [5.41, 5.74) is -1.20. The number of hydrogen-bond donors (Lipinski definition) is 0. The fraction of sp³-hybridized carbons (Fsp3) is 0.833. The predicted octanol–water partition coefficient (Wildman–Crippen LogP) is 0.908. The number of hydrogen-bond acceptors (Lipinski definition) is 5. The summed E-state index contributed by atoms with van der Waals surface area (Å²) in [6.45, 7) is 4.58. The molecule has 0 aromatic carbocycles. The van der Waals surface area contributed by atoms with E-state index in [9.17, 15) is 9.59 Å². The largest absolute Gasteiger partial charge is 0.465 e. The maximum Gasteiger partial charge on any atom is 0.326 e. The summed E-state index contributed by atoms with van der Waals surface area (Å²) >= 11 is 0. The topological polar surface area (TPSA) is 61.8 Å². The molecule has 2 unspecified atom stereocenters. The van der Waals surface area contributed by atoms with E-state index in [1.165, 1.54) is 0 Å². The smallest absolute Gasteiger partial charge is 0.326 e. The van der Waals surface area contributed by atoms with E-state index in [0.29, 0.717) is 18.9 Å². The molecule has 0 aromatic rings. The van der Waals surface area contributed by atoms with Gasteiger partial charge in [0.2, 0.25) is 0 Å². The standard InChI is InChI=1S/C12H18O5/c1-3-15-10(13)12(11(14)16-4-2)7-8-5-6-17-9(8)12/h8-9H,3-7H2,1-2H3. The van der Waals surface area contributed by atoms with Gasteiger partial charge in [0.15, 0.2) is 5.41 Å². The summed E-state index contributed by atoms with van der Waals surface area (Å²) < 4.78 is 15.5. The molecule has 0 aromatic heterocycles. The van der Waals surface area contributed by atoms with Gasteiger partial charge in [0.25, 0.3) is 0 Å². The van der Waals surface area contributed by atoms with Crippen LogP contribution in [0.2, 0.25) is 0 Å². The molecule has 0 radical (unpaired) electrons.